The van der Waals surface area contributed by atoms with E-state index in [9.17, 15) is 9.90 Å². The summed E-state index contributed by atoms with van der Waals surface area (Å²) in [4.78, 5) is 14.2. The van der Waals surface area contributed by atoms with E-state index < -0.39 is 0 Å². The van der Waals surface area contributed by atoms with Gasteiger partial charge in [0.1, 0.15) is 0 Å². The van der Waals surface area contributed by atoms with Crippen LogP contribution in [0, 0.1) is 11.8 Å². The molecule has 0 radical (unpaired) electrons. The number of benzene rings is 1. The maximum atomic E-state index is 12.3. The topological polar surface area (TPSA) is 66.6 Å². The van der Waals surface area contributed by atoms with Crippen molar-refractivity contribution in [1.29, 1.82) is 0 Å². The zero-order valence-electron chi connectivity index (χ0n) is 10.2. The molecule has 0 aromatic heterocycles. The average Bonchev–Trinajstić information content (AvgIpc) is 2.92. The summed E-state index contributed by atoms with van der Waals surface area (Å²) < 4.78 is 0. The SMILES string of the molecule is Nc1ccc(C(=O)N2CC3CCC(O)C3C2)cc1. The molecule has 1 amide bonds. The summed E-state index contributed by atoms with van der Waals surface area (Å²) in [5.41, 5.74) is 6.96. The molecule has 1 saturated heterocycles. The van der Waals surface area contributed by atoms with Gasteiger partial charge in [0.05, 0.1) is 6.10 Å². The number of nitrogens with zero attached hydrogens (tertiary/aromatic N) is 1. The minimum Gasteiger partial charge on any atom is -0.399 e. The van der Waals surface area contributed by atoms with Crippen molar-refractivity contribution >= 4 is 11.6 Å². The van der Waals surface area contributed by atoms with Crippen LogP contribution in [-0.2, 0) is 0 Å². The molecule has 0 bridgehead atoms. The van der Waals surface area contributed by atoms with E-state index >= 15 is 0 Å². The molecule has 4 heteroatoms. The molecule has 96 valence electrons. The molecule has 1 heterocycles. The Labute approximate surface area is 106 Å². The molecule has 3 N–H and O–H groups in total. The van der Waals surface area contributed by atoms with Gasteiger partial charge in [0, 0.05) is 30.3 Å². The molecule has 1 aliphatic carbocycles. The molecule has 3 rings (SSSR count). The average molecular weight is 246 g/mol. The van der Waals surface area contributed by atoms with Gasteiger partial charge in [-0.1, -0.05) is 0 Å². The molecule has 18 heavy (non-hydrogen) atoms. The zero-order chi connectivity index (χ0) is 12.7. The molecular formula is C14H18N2O2. The number of likely N-dealkylation sites (tertiary alicyclic amines) is 1. The Hall–Kier alpha value is -1.55. The van der Waals surface area contributed by atoms with Crippen molar-refractivity contribution in [3.05, 3.63) is 29.8 Å². The summed E-state index contributed by atoms with van der Waals surface area (Å²) in [5, 5.41) is 9.85. The molecule has 1 aromatic rings. The first-order valence-electron chi connectivity index (χ1n) is 6.48. The van der Waals surface area contributed by atoms with Crippen LogP contribution < -0.4 is 5.73 Å². The van der Waals surface area contributed by atoms with Gasteiger partial charge in [-0.2, -0.15) is 0 Å². The number of amides is 1. The first-order chi connectivity index (χ1) is 8.65. The Morgan fingerprint density at radius 3 is 2.61 bits per heavy atom. The lowest BCUT2D eigenvalue weighted by molar-refractivity contribution is 0.0752. The van der Waals surface area contributed by atoms with Crippen molar-refractivity contribution in [3.8, 4) is 0 Å². The summed E-state index contributed by atoms with van der Waals surface area (Å²) in [6.07, 6.45) is 1.70. The summed E-state index contributed by atoms with van der Waals surface area (Å²) >= 11 is 0. The fourth-order valence-corrected chi connectivity index (χ4v) is 3.21. The predicted octanol–water partition coefficient (Wildman–Crippen LogP) is 1.11. The largest absolute Gasteiger partial charge is 0.399 e. The summed E-state index contributed by atoms with van der Waals surface area (Å²) in [6, 6.07) is 7.03. The van der Waals surface area contributed by atoms with Crippen LogP contribution in [0.4, 0.5) is 5.69 Å². The van der Waals surface area contributed by atoms with E-state index in [-0.39, 0.29) is 17.9 Å². The third-order valence-electron chi connectivity index (χ3n) is 4.26. The second-order valence-corrected chi connectivity index (χ2v) is 5.40. The summed E-state index contributed by atoms with van der Waals surface area (Å²) in [5.74, 6) is 0.817. The number of anilines is 1. The van der Waals surface area contributed by atoms with E-state index in [4.69, 9.17) is 5.73 Å². The van der Waals surface area contributed by atoms with Crippen LogP contribution in [0.2, 0.25) is 0 Å². The third-order valence-corrected chi connectivity index (χ3v) is 4.26. The smallest absolute Gasteiger partial charge is 0.253 e. The second kappa shape index (κ2) is 4.28. The lowest BCUT2D eigenvalue weighted by Crippen LogP contribution is -2.31. The Bertz CT molecular complexity index is 457. The zero-order valence-corrected chi connectivity index (χ0v) is 10.2. The lowest BCUT2D eigenvalue weighted by atomic mass is 10.00. The minimum absolute atomic E-state index is 0.0524. The summed E-state index contributed by atoms with van der Waals surface area (Å²) in [7, 11) is 0. The summed E-state index contributed by atoms with van der Waals surface area (Å²) in [6.45, 7) is 1.47. The third kappa shape index (κ3) is 1.86. The van der Waals surface area contributed by atoms with Gasteiger partial charge >= 0.3 is 0 Å². The van der Waals surface area contributed by atoms with Gasteiger partial charge in [-0.25, -0.2) is 0 Å². The van der Waals surface area contributed by atoms with Crippen LogP contribution in [-0.4, -0.2) is 35.1 Å². The highest BCUT2D eigenvalue weighted by molar-refractivity contribution is 5.94. The fourth-order valence-electron chi connectivity index (χ4n) is 3.21. The Balaban J connectivity index is 1.73. The van der Waals surface area contributed by atoms with Crippen molar-refractivity contribution in [2.45, 2.75) is 18.9 Å². The molecule has 1 aliphatic heterocycles. The molecular weight excluding hydrogens is 228 g/mol. The molecule has 2 aliphatic rings. The highest BCUT2D eigenvalue weighted by Gasteiger charge is 2.43. The van der Waals surface area contributed by atoms with E-state index in [1.807, 2.05) is 4.90 Å². The first-order valence-corrected chi connectivity index (χ1v) is 6.48. The van der Waals surface area contributed by atoms with Gasteiger partial charge in [-0.05, 0) is 43.0 Å². The van der Waals surface area contributed by atoms with Crippen molar-refractivity contribution in [2.24, 2.45) is 11.8 Å². The van der Waals surface area contributed by atoms with E-state index in [1.165, 1.54) is 0 Å². The van der Waals surface area contributed by atoms with Gasteiger partial charge in [0.25, 0.3) is 5.91 Å². The number of carbonyl (C=O) groups excluding carboxylic acids is 1. The minimum atomic E-state index is -0.223. The van der Waals surface area contributed by atoms with Crippen LogP contribution in [0.1, 0.15) is 23.2 Å². The van der Waals surface area contributed by atoms with Crippen LogP contribution in [0.15, 0.2) is 24.3 Å². The number of rotatable bonds is 1. The normalized spacial score (nSPS) is 30.5. The quantitative estimate of drug-likeness (QED) is 0.729. The molecule has 1 saturated carbocycles. The Morgan fingerprint density at radius 1 is 1.22 bits per heavy atom. The van der Waals surface area contributed by atoms with Gasteiger partial charge in [0.2, 0.25) is 0 Å². The highest BCUT2D eigenvalue weighted by atomic mass is 16.3. The van der Waals surface area contributed by atoms with E-state index in [0.717, 1.165) is 19.4 Å². The number of hydrogen-bond acceptors (Lipinski definition) is 3. The lowest BCUT2D eigenvalue weighted by Gasteiger charge is -2.18. The number of nitrogens with two attached hydrogens (primary N) is 1. The van der Waals surface area contributed by atoms with Gasteiger partial charge < -0.3 is 15.7 Å². The van der Waals surface area contributed by atoms with Crippen molar-refractivity contribution in [3.63, 3.8) is 0 Å². The second-order valence-electron chi connectivity index (χ2n) is 5.40. The van der Waals surface area contributed by atoms with E-state index in [2.05, 4.69) is 0 Å². The Kier molecular flexibility index (Phi) is 2.74. The standard InChI is InChI=1S/C14H18N2O2/c15-11-4-1-9(2-5-11)14(18)16-7-10-3-6-13(17)12(10)8-16/h1-2,4-5,10,12-13,17H,3,6-8,15H2. The number of hydrogen-bond donors (Lipinski definition) is 2. The number of nitrogen functional groups attached to an aromatic ring is 1. The number of aliphatic hydroxyl groups excluding tert-OH is 1. The molecule has 1 aromatic carbocycles. The molecule has 3 atom stereocenters. The van der Waals surface area contributed by atoms with Gasteiger partial charge in [0.15, 0.2) is 0 Å². The van der Waals surface area contributed by atoms with E-state index in [1.54, 1.807) is 24.3 Å². The fraction of sp³-hybridized carbons (Fsp3) is 0.500. The van der Waals surface area contributed by atoms with Gasteiger partial charge in [-0.3, -0.25) is 4.79 Å². The van der Waals surface area contributed by atoms with E-state index in [0.29, 0.717) is 23.7 Å². The van der Waals surface area contributed by atoms with Crippen molar-refractivity contribution < 1.29 is 9.90 Å². The van der Waals surface area contributed by atoms with Crippen molar-refractivity contribution in [2.75, 3.05) is 18.8 Å². The van der Waals surface area contributed by atoms with Crippen LogP contribution in [0.25, 0.3) is 0 Å². The monoisotopic (exact) mass is 246 g/mol. The molecule has 4 nitrogen and oxygen atoms in total. The van der Waals surface area contributed by atoms with Gasteiger partial charge in [-0.15, -0.1) is 0 Å². The maximum absolute atomic E-state index is 12.3. The van der Waals surface area contributed by atoms with Crippen LogP contribution >= 0.6 is 0 Å². The molecule has 0 spiro atoms. The van der Waals surface area contributed by atoms with Crippen LogP contribution in [0.5, 0.6) is 0 Å². The number of carbonyl (C=O) groups is 1. The predicted molar refractivity (Wildman–Crippen MR) is 69.0 cm³/mol. The maximum Gasteiger partial charge on any atom is 0.253 e. The highest BCUT2D eigenvalue weighted by Crippen LogP contribution is 2.38. The number of fused-ring (bicyclic) bond motifs is 1. The van der Waals surface area contributed by atoms with Crippen LogP contribution in [0.3, 0.4) is 0 Å². The first kappa shape index (κ1) is 11.5. The molecule has 2 fully saturated rings. The Morgan fingerprint density at radius 2 is 1.94 bits per heavy atom. The number of aliphatic hydroxyl groups is 1. The molecule has 3 unspecified atom stereocenters. The van der Waals surface area contributed by atoms with Crippen molar-refractivity contribution in [1.82, 2.24) is 4.90 Å².